The van der Waals surface area contributed by atoms with Crippen molar-refractivity contribution in [3.8, 4) is 5.69 Å². The van der Waals surface area contributed by atoms with Crippen LogP contribution in [0.3, 0.4) is 0 Å². The maximum absolute atomic E-state index is 14.0. The van der Waals surface area contributed by atoms with E-state index >= 15 is 0 Å². The molecule has 0 aliphatic rings. The predicted molar refractivity (Wildman–Crippen MR) is 105 cm³/mol. The van der Waals surface area contributed by atoms with Gasteiger partial charge in [-0.15, -0.1) is 0 Å². The number of nitrogens with zero attached hydrogens (tertiary/aromatic N) is 1. The highest BCUT2D eigenvalue weighted by molar-refractivity contribution is 6.42. The van der Waals surface area contributed by atoms with E-state index < -0.39 is 35.7 Å². The molecule has 0 unspecified atom stereocenters. The number of halogens is 3. The van der Waals surface area contributed by atoms with E-state index in [0.717, 1.165) is 10.7 Å². The number of carboxylic acid groups (broad SMARTS) is 1. The van der Waals surface area contributed by atoms with Crippen LogP contribution < -0.4 is 10.9 Å². The van der Waals surface area contributed by atoms with Gasteiger partial charge in [-0.25, -0.2) is 9.07 Å². The van der Waals surface area contributed by atoms with Crippen molar-refractivity contribution in [2.75, 3.05) is 0 Å². The highest BCUT2D eigenvalue weighted by Crippen LogP contribution is 2.31. The van der Waals surface area contributed by atoms with Gasteiger partial charge in [0.15, 0.2) is 0 Å². The molecular weight excluding hydrogens is 424 g/mol. The minimum absolute atomic E-state index is 0.0588. The fraction of sp³-hybridized carbons (Fsp3) is 0.105. The Morgan fingerprint density at radius 1 is 1.17 bits per heavy atom. The number of aromatic amines is 1. The molecule has 3 rings (SSSR count). The standard InChI is InChI=1S/C19H14Cl2FN3O4/c20-11-5-3-4-10(18(11)21)13(9-17(27)28)23-19(29)14-8-16(26)25(24-14)15-7-2-1-6-12(15)22/h1-8,13,24H,9H2,(H,23,29)(H,27,28)/t13-/m0/s1. The third kappa shape index (κ3) is 4.49. The molecule has 0 aliphatic heterocycles. The summed E-state index contributed by atoms with van der Waals surface area (Å²) in [6.45, 7) is 0. The molecule has 0 aliphatic carbocycles. The average Bonchev–Trinajstić information content (AvgIpc) is 3.05. The summed E-state index contributed by atoms with van der Waals surface area (Å²) < 4.78 is 14.8. The van der Waals surface area contributed by atoms with E-state index in [1.54, 1.807) is 6.07 Å². The highest BCUT2D eigenvalue weighted by atomic mass is 35.5. The first-order chi connectivity index (χ1) is 13.8. The average molecular weight is 438 g/mol. The van der Waals surface area contributed by atoms with Crippen LogP contribution in [0.15, 0.2) is 53.3 Å². The van der Waals surface area contributed by atoms with E-state index in [4.69, 9.17) is 23.2 Å². The number of amides is 1. The van der Waals surface area contributed by atoms with Crippen molar-refractivity contribution in [2.24, 2.45) is 0 Å². The molecule has 0 saturated heterocycles. The topological polar surface area (TPSA) is 104 Å². The van der Waals surface area contributed by atoms with Crippen LogP contribution in [-0.4, -0.2) is 26.8 Å². The summed E-state index contributed by atoms with van der Waals surface area (Å²) in [6.07, 6.45) is -0.468. The van der Waals surface area contributed by atoms with Gasteiger partial charge in [0.2, 0.25) is 0 Å². The van der Waals surface area contributed by atoms with Gasteiger partial charge < -0.3 is 10.4 Å². The molecule has 0 saturated carbocycles. The Morgan fingerprint density at radius 2 is 1.90 bits per heavy atom. The third-order valence-electron chi connectivity index (χ3n) is 4.10. The lowest BCUT2D eigenvalue weighted by Gasteiger charge is -2.18. The Balaban J connectivity index is 1.92. The SMILES string of the molecule is O=C(O)C[C@H](NC(=O)c1cc(=O)n(-c2ccccc2F)[nH]1)c1cccc(Cl)c1Cl. The Labute approximate surface area is 173 Å². The largest absolute Gasteiger partial charge is 0.481 e. The maximum Gasteiger partial charge on any atom is 0.305 e. The summed E-state index contributed by atoms with van der Waals surface area (Å²) >= 11 is 12.1. The van der Waals surface area contributed by atoms with Crippen molar-refractivity contribution in [1.82, 2.24) is 15.1 Å². The van der Waals surface area contributed by atoms with Gasteiger partial charge in [0.1, 0.15) is 17.2 Å². The lowest BCUT2D eigenvalue weighted by Crippen LogP contribution is -2.30. The summed E-state index contributed by atoms with van der Waals surface area (Å²) in [5, 5.41) is 14.5. The van der Waals surface area contributed by atoms with Crippen LogP contribution >= 0.6 is 23.2 Å². The molecule has 0 fully saturated rings. The van der Waals surface area contributed by atoms with E-state index in [2.05, 4.69) is 10.4 Å². The van der Waals surface area contributed by atoms with Crippen LogP contribution in [-0.2, 0) is 4.79 Å². The van der Waals surface area contributed by atoms with Gasteiger partial charge in [0, 0.05) is 6.07 Å². The van der Waals surface area contributed by atoms with E-state index in [0.29, 0.717) is 5.56 Å². The van der Waals surface area contributed by atoms with Crippen LogP contribution in [0.1, 0.15) is 28.5 Å². The minimum Gasteiger partial charge on any atom is -0.481 e. The molecule has 1 heterocycles. The lowest BCUT2D eigenvalue weighted by atomic mass is 10.0. The van der Waals surface area contributed by atoms with Crippen LogP contribution in [0.25, 0.3) is 5.69 Å². The molecule has 10 heteroatoms. The van der Waals surface area contributed by atoms with Crippen molar-refractivity contribution in [3.05, 3.63) is 86.0 Å². The first-order valence-corrected chi connectivity index (χ1v) is 9.07. The minimum atomic E-state index is -1.18. The molecule has 3 N–H and O–H groups in total. The Kier molecular flexibility index (Phi) is 6.05. The first-order valence-electron chi connectivity index (χ1n) is 8.31. The molecule has 7 nitrogen and oxygen atoms in total. The second-order valence-corrected chi connectivity index (χ2v) is 6.85. The van der Waals surface area contributed by atoms with Gasteiger partial charge in [-0.3, -0.25) is 19.5 Å². The number of aliphatic carboxylic acids is 1. The normalized spacial score (nSPS) is 11.8. The summed E-state index contributed by atoms with van der Waals surface area (Å²) in [6, 6.07) is 10.2. The second kappa shape index (κ2) is 8.50. The maximum atomic E-state index is 14.0. The molecule has 1 aromatic heterocycles. The molecule has 0 spiro atoms. The number of carbonyl (C=O) groups excluding carboxylic acids is 1. The number of H-pyrrole nitrogens is 1. The molecule has 29 heavy (non-hydrogen) atoms. The van der Waals surface area contributed by atoms with Gasteiger partial charge >= 0.3 is 5.97 Å². The molecule has 0 bridgehead atoms. The number of rotatable bonds is 6. The zero-order chi connectivity index (χ0) is 21.1. The zero-order valence-electron chi connectivity index (χ0n) is 14.7. The zero-order valence-corrected chi connectivity index (χ0v) is 16.2. The quantitative estimate of drug-likeness (QED) is 0.548. The second-order valence-electron chi connectivity index (χ2n) is 6.06. The Bertz CT molecular complexity index is 1140. The van der Waals surface area contributed by atoms with Gasteiger partial charge in [-0.1, -0.05) is 47.5 Å². The highest BCUT2D eigenvalue weighted by Gasteiger charge is 2.23. The number of carboxylic acids is 1. The molecule has 1 atom stereocenters. The summed E-state index contributed by atoms with van der Waals surface area (Å²) in [7, 11) is 0. The van der Waals surface area contributed by atoms with Crippen molar-refractivity contribution in [2.45, 2.75) is 12.5 Å². The number of hydrogen-bond acceptors (Lipinski definition) is 3. The number of carbonyl (C=O) groups is 2. The first kappa shape index (κ1) is 20.6. The van der Waals surface area contributed by atoms with E-state index in [1.807, 2.05) is 0 Å². The molecule has 0 radical (unpaired) electrons. The lowest BCUT2D eigenvalue weighted by molar-refractivity contribution is -0.137. The molecule has 2 aromatic carbocycles. The van der Waals surface area contributed by atoms with Crippen LogP contribution in [0.5, 0.6) is 0 Å². The van der Waals surface area contributed by atoms with E-state index in [9.17, 15) is 23.9 Å². The molecule has 3 aromatic rings. The van der Waals surface area contributed by atoms with E-state index in [-0.39, 0.29) is 21.4 Å². The summed E-state index contributed by atoms with van der Waals surface area (Å²) in [5.41, 5.74) is -0.579. The number of aromatic nitrogens is 2. The third-order valence-corrected chi connectivity index (χ3v) is 4.93. The van der Waals surface area contributed by atoms with Crippen LogP contribution in [0.2, 0.25) is 10.0 Å². The predicted octanol–water partition coefficient (Wildman–Crippen LogP) is 3.56. The Morgan fingerprint density at radius 3 is 2.59 bits per heavy atom. The monoisotopic (exact) mass is 437 g/mol. The van der Waals surface area contributed by atoms with Gasteiger partial charge in [-0.2, -0.15) is 0 Å². The molecule has 150 valence electrons. The van der Waals surface area contributed by atoms with Gasteiger partial charge in [0.25, 0.3) is 11.5 Å². The van der Waals surface area contributed by atoms with Crippen molar-refractivity contribution in [3.63, 3.8) is 0 Å². The molecular formula is C19H14Cl2FN3O4. The number of para-hydroxylation sites is 1. The summed E-state index contributed by atoms with van der Waals surface area (Å²) in [4.78, 5) is 36.1. The van der Waals surface area contributed by atoms with Crippen molar-refractivity contribution >= 4 is 35.1 Å². The van der Waals surface area contributed by atoms with Gasteiger partial charge in [0.05, 0.1) is 22.5 Å². The smallest absolute Gasteiger partial charge is 0.305 e. The van der Waals surface area contributed by atoms with Crippen molar-refractivity contribution < 1.29 is 19.1 Å². The summed E-state index contributed by atoms with van der Waals surface area (Å²) in [5.74, 6) is -2.60. The Hall–Kier alpha value is -3.10. The number of benzene rings is 2. The van der Waals surface area contributed by atoms with Gasteiger partial charge in [-0.05, 0) is 23.8 Å². The number of hydrogen-bond donors (Lipinski definition) is 3. The fourth-order valence-corrected chi connectivity index (χ4v) is 3.20. The fourth-order valence-electron chi connectivity index (χ4n) is 2.76. The number of nitrogens with one attached hydrogen (secondary N) is 2. The van der Waals surface area contributed by atoms with Crippen LogP contribution in [0.4, 0.5) is 4.39 Å². The van der Waals surface area contributed by atoms with E-state index in [1.165, 1.54) is 36.4 Å². The van der Waals surface area contributed by atoms with Crippen LogP contribution in [0, 0.1) is 5.82 Å². The van der Waals surface area contributed by atoms with Crippen molar-refractivity contribution in [1.29, 1.82) is 0 Å². The molecule has 1 amide bonds.